The van der Waals surface area contributed by atoms with Gasteiger partial charge in [-0.15, -0.1) is 11.3 Å². The molecule has 0 atom stereocenters. The molecule has 1 aliphatic carbocycles. The molecule has 7 aromatic carbocycles. The maximum Gasteiger partial charge on any atom is 0.124 e. The number of benzene rings is 7. The SMILES string of the molecule is CC1(C)c2ccccc2-c2cc(-c3ccc4c(c3)c3cc(-c5ccc(-c6nc7ccccc7s6)cc5)ccc3n4-c3ccccc3)ccc21. The van der Waals surface area contributed by atoms with Crippen molar-refractivity contribution in [3.05, 3.63) is 169 Å². The van der Waals surface area contributed by atoms with Gasteiger partial charge in [0.15, 0.2) is 0 Å². The number of nitrogens with zero attached hydrogens (tertiary/aromatic N) is 2. The van der Waals surface area contributed by atoms with E-state index in [1.807, 2.05) is 6.07 Å². The molecule has 232 valence electrons. The van der Waals surface area contributed by atoms with E-state index in [0.717, 1.165) is 16.1 Å². The van der Waals surface area contributed by atoms with E-state index in [2.05, 4.69) is 170 Å². The Morgan fingerprint density at radius 1 is 0.490 bits per heavy atom. The van der Waals surface area contributed by atoms with E-state index in [9.17, 15) is 0 Å². The van der Waals surface area contributed by atoms with Crippen LogP contribution in [0.3, 0.4) is 0 Å². The molecule has 0 aliphatic heterocycles. The van der Waals surface area contributed by atoms with Crippen LogP contribution in [0, 0.1) is 0 Å². The fourth-order valence-corrected chi connectivity index (χ4v) is 8.91. The zero-order chi connectivity index (χ0) is 32.7. The van der Waals surface area contributed by atoms with Crippen molar-refractivity contribution in [1.29, 1.82) is 0 Å². The van der Waals surface area contributed by atoms with Crippen LogP contribution in [0.15, 0.2) is 158 Å². The number of para-hydroxylation sites is 2. The minimum atomic E-state index is 0.000505. The molecule has 0 bridgehead atoms. The van der Waals surface area contributed by atoms with Gasteiger partial charge in [-0.1, -0.05) is 117 Å². The van der Waals surface area contributed by atoms with Crippen LogP contribution in [0.25, 0.3) is 81.7 Å². The average Bonchev–Trinajstić information content (AvgIpc) is 3.80. The summed E-state index contributed by atoms with van der Waals surface area (Å²) in [6, 6.07) is 57.8. The standard InChI is InChI=1S/C46H32N2S/c1-46(2)39-13-7-6-12-35(39)36-26-32(20-23-40(36)46)33-22-25-43-38(28-33)37-27-31(21-24-42(37)48(43)34-10-4-3-5-11-34)29-16-18-30(19-17-29)45-47-41-14-8-9-15-44(41)49-45/h3-28H,1-2H3. The van der Waals surface area contributed by atoms with Crippen molar-refractivity contribution in [3.63, 3.8) is 0 Å². The molecule has 2 nitrogen and oxygen atoms in total. The van der Waals surface area contributed by atoms with Gasteiger partial charge in [0.2, 0.25) is 0 Å². The Morgan fingerprint density at radius 2 is 1.06 bits per heavy atom. The average molecular weight is 645 g/mol. The van der Waals surface area contributed by atoms with E-state index in [1.54, 1.807) is 11.3 Å². The van der Waals surface area contributed by atoms with Gasteiger partial charge in [0.1, 0.15) is 5.01 Å². The quantitative estimate of drug-likeness (QED) is 0.186. The number of hydrogen-bond donors (Lipinski definition) is 0. The predicted molar refractivity (Wildman–Crippen MR) is 208 cm³/mol. The predicted octanol–water partition coefficient (Wildman–Crippen LogP) is 12.7. The van der Waals surface area contributed by atoms with E-state index < -0.39 is 0 Å². The molecule has 0 fully saturated rings. The summed E-state index contributed by atoms with van der Waals surface area (Å²) in [5.74, 6) is 0. The number of thiazole rings is 1. The van der Waals surface area contributed by atoms with Crippen LogP contribution in [-0.2, 0) is 5.41 Å². The van der Waals surface area contributed by atoms with Crippen LogP contribution in [-0.4, -0.2) is 9.55 Å². The fraction of sp³-hybridized carbons (Fsp3) is 0.0652. The molecule has 0 amide bonds. The van der Waals surface area contributed by atoms with Crippen molar-refractivity contribution < 1.29 is 0 Å². The third-order valence-electron chi connectivity index (χ3n) is 10.5. The first-order valence-corrected chi connectivity index (χ1v) is 17.7. The van der Waals surface area contributed by atoms with E-state index >= 15 is 0 Å². The van der Waals surface area contributed by atoms with Crippen molar-refractivity contribution >= 4 is 43.4 Å². The van der Waals surface area contributed by atoms with Crippen molar-refractivity contribution in [2.45, 2.75) is 19.3 Å². The van der Waals surface area contributed by atoms with Crippen LogP contribution in [0.1, 0.15) is 25.0 Å². The Balaban J connectivity index is 1.11. The van der Waals surface area contributed by atoms with Crippen LogP contribution in [0.5, 0.6) is 0 Å². The number of rotatable bonds is 4. The lowest BCUT2D eigenvalue weighted by Crippen LogP contribution is -2.14. The van der Waals surface area contributed by atoms with Gasteiger partial charge in [0.05, 0.1) is 21.3 Å². The summed E-state index contributed by atoms with van der Waals surface area (Å²) >= 11 is 1.74. The van der Waals surface area contributed by atoms with Gasteiger partial charge in [-0.25, -0.2) is 4.98 Å². The number of aromatic nitrogens is 2. The highest BCUT2D eigenvalue weighted by molar-refractivity contribution is 7.21. The highest BCUT2D eigenvalue weighted by Gasteiger charge is 2.35. The van der Waals surface area contributed by atoms with E-state index in [0.29, 0.717) is 0 Å². The number of fused-ring (bicyclic) bond motifs is 7. The molecule has 0 spiro atoms. The Bertz CT molecular complexity index is 2700. The van der Waals surface area contributed by atoms with Gasteiger partial charge in [-0.3, -0.25) is 0 Å². The third-order valence-corrected chi connectivity index (χ3v) is 11.5. The van der Waals surface area contributed by atoms with Crippen LogP contribution < -0.4 is 0 Å². The summed E-state index contributed by atoms with van der Waals surface area (Å²) < 4.78 is 3.62. The fourth-order valence-electron chi connectivity index (χ4n) is 7.94. The molecule has 2 aromatic heterocycles. The van der Waals surface area contributed by atoms with Gasteiger partial charge in [0.25, 0.3) is 0 Å². The summed E-state index contributed by atoms with van der Waals surface area (Å²) in [7, 11) is 0. The zero-order valence-electron chi connectivity index (χ0n) is 27.3. The molecule has 2 heterocycles. The van der Waals surface area contributed by atoms with Crippen molar-refractivity contribution in [3.8, 4) is 49.6 Å². The summed E-state index contributed by atoms with van der Waals surface area (Å²) in [5, 5.41) is 3.56. The molecule has 49 heavy (non-hydrogen) atoms. The maximum atomic E-state index is 4.88. The van der Waals surface area contributed by atoms with Gasteiger partial charge in [-0.2, -0.15) is 0 Å². The highest BCUT2D eigenvalue weighted by Crippen LogP contribution is 2.49. The minimum absolute atomic E-state index is 0.000505. The summed E-state index contributed by atoms with van der Waals surface area (Å²) in [4.78, 5) is 4.88. The molecule has 1 aliphatic rings. The summed E-state index contributed by atoms with van der Waals surface area (Å²) in [6.45, 7) is 4.68. The normalized spacial score (nSPS) is 13.3. The minimum Gasteiger partial charge on any atom is -0.309 e. The first-order valence-electron chi connectivity index (χ1n) is 16.9. The lowest BCUT2D eigenvalue weighted by Gasteiger charge is -2.21. The lowest BCUT2D eigenvalue weighted by molar-refractivity contribution is 0.660. The Morgan fingerprint density at radius 3 is 1.82 bits per heavy atom. The van der Waals surface area contributed by atoms with Crippen molar-refractivity contribution in [2.24, 2.45) is 0 Å². The van der Waals surface area contributed by atoms with Crippen LogP contribution in [0.2, 0.25) is 0 Å². The smallest absolute Gasteiger partial charge is 0.124 e. The largest absolute Gasteiger partial charge is 0.309 e. The molecular weight excluding hydrogens is 613 g/mol. The summed E-state index contributed by atoms with van der Waals surface area (Å²) in [5.41, 5.74) is 16.2. The second-order valence-corrected chi connectivity index (χ2v) is 14.7. The number of hydrogen-bond acceptors (Lipinski definition) is 2. The molecule has 3 heteroatoms. The van der Waals surface area contributed by atoms with Crippen molar-refractivity contribution in [2.75, 3.05) is 0 Å². The topological polar surface area (TPSA) is 17.8 Å². The van der Waals surface area contributed by atoms with Gasteiger partial charge < -0.3 is 4.57 Å². The van der Waals surface area contributed by atoms with E-state index in [-0.39, 0.29) is 5.41 Å². The van der Waals surface area contributed by atoms with Crippen LogP contribution >= 0.6 is 11.3 Å². The Hall–Kier alpha value is -5.77. The molecule has 0 unspecified atom stereocenters. The second-order valence-electron chi connectivity index (χ2n) is 13.6. The van der Waals surface area contributed by atoms with E-state index in [1.165, 1.54) is 76.7 Å². The molecule has 0 saturated carbocycles. The third kappa shape index (κ3) is 4.36. The Labute approximate surface area is 289 Å². The van der Waals surface area contributed by atoms with E-state index in [4.69, 9.17) is 4.98 Å². The molecule has 0 N–H and O–H groups in total. The second kappa shape index (κ2) is 10.6. The zero-order valence-corrected chi connectivity index (χ0v) is 28.1. The molecule has 0 saturated heterocycles. The Kier molecular flexibility index (Phi) is 6.12. The monoisotopic (exact) mass is 644 g/mol. The van der Waals surface area contributed by atoms with Gasteiger partial charge in [-0.05, 0) is 99.1 Å². The molecule has 10 rings (SSSR count). The van der Waals surface area contributed by atoms with Crippen LogP contribution in [0.4, 0.5) is 0 Å². The molecular formula is C46H32N2S. The van der Waals surface area contributed by atoms with Crippen molar-refractivity contribution in [1.82, 2.24) is 9.55 Å². The lowest BCUT2D eigenvalue weighted by atomic mass is 9.82. The molecule has 9 aromatic rings. The maximum absolute atomic E-state index is 4.88. The van der Waals surface area contributed by atoms with Gasteiger partial charge in [0, 0.05) is 27.4 Å². The first-order chi connectivity index (χ1) is 24.0. The summed E-state index contributed by atoms with van der Waals surface area (Å²) in [6.07, 6.45) is 0. The van der Waals surface area contributed by atoms with Gasteiger partial charge >= 0.3 is 0 Å². The first kappa shape index (κ1) is 28.3. The highest BCUT2D eigenvalue weighted by atomic mass is 32.1. The molecule has 0 radical (unpaired) electrons.